The Labute approximate surface area is 159 Å². The number of piperidine rings is 1. The molecule has 0 radical (unpaired) electrons. The first kappa shape index (κ1) is 19.4. The Balaban J connectivity index is 1.69. The molecule has 1 aromatic heterocycles. The largest absolute Gasteiger partial charge is 0.497 e. The Morgan fingerprint density at radius 3 is 2.81 bits per heavy atom. The molecule has 2 heterocycles. The number of quaternary nitrogens is 1. The zero-order chi connectivity index (χ0) is 19.1. The summed E-state index contributed by atoms with van der Waals surface area (Å²) in [5.41, 5.74) is 4.72. The van der Waals surface area contributed by atoms with Gasteiger partial charge in [0.2, 0.25) is 17.6 Å². The van der Waals surface area contributed by atoms with Crippen LogP contribution < -0.4 is 10.5 Å². The summed E-state index contributed by atoms with van der Waals surface area (Å²) in [5.74, 6) is 2.05. The number of aromatic nitrogens is 2. The summed E-state index contributed by atoms with van der Waals surface area (Å²) in [6.07, 6.45) is 6.58. The van der Waals surface area contributed by atoms with Gasteiger partial charge >= 0.3 is 0 Å². The molecule has 3 N–H and O–H groups in total. The quantitative estimate of drug-likeness (QED) is 0.718. The van der Waals surface area contributed by atoms with Crippen LogP contribution in [-0.2, 0) is 4.79 Å². The van der Waals surface area contributed by atoms with Crippen molar-refractivity contribution in [3.8, 4) is 17.1 Å². The van der Waals surface area contributed by atoms with Gasteiger partial charge in [-0.25, -0.2) is 0 Å². The monoisotopic (exact) mass is 373 g/mol. The zero-order valence-corrected chi connectivity index (χ0v) is 16.0. The Morgan fingerprint density at radius 1 is 1.26 bits per heavy atom. The van der Waals surface area contributed by atoms with Crippen LogP contribution in [0.5, 0.6) is 5.75 Å². The maximum Gasteiger partial charge on any atom is 0.249 e. The van der Waals surface area contributed by atoms with Gasteiger partial charge < -0.3 is 19.9 Å². The van der Waals surface area contributed by atoms with E-state index in [4.69, 9.17) is 9.26 Å². The second kappa shape index (κ2) is 9.50. The van der Waals surface area contributed by atoms with Crippen LogP contribution in [0.1, 0.15) is 56.9 Å². The maximum atomic E-state index is 12.7. The van der Waals surface area contributed by atoms with Gasteiger partial charge in [-0.3, -0.25) is 4.79 Å². The summed E-state index contributed by atoms with van der Waals surface area (Å²) in [4.78, 5) is 19.2. The Morgan fingerprint density at radius 2 is 2.07 bits per heavy atom. The lowest BCUT2D eigenvalue weighted by molar-refractivity contribution is -0.368. The molecule has 0 bridgehead atoms. The maximum absolute atomic E-state index is 12.7. The number of amides is 1. The van der Waals surface area contributed by atoms with Crippen LogP contribution in [0.3, 0.4) is 0 Å². The van der Waals surface area contributed by atoms with Crippen LogP contribution in [0, 0.1) is 0 Å². The SMILES string of the molecule is COc1ccc(-c2noc([C@@H]3CCCCN3C(=O)CCCCC[NH3+])n2)cc1. The molecule has 0 aliphatic carbocycles. The van der Waals surface area contributed by atoms with Gasteiger partial charge in [0.25, 0.3) is 0 Å². The third-order valence-electron chi connectivity index (χ3n) is 5.04. The number of ether oxygens (including phenoxy) is 1. The third kappa shape index (κ3) is 4.86. The van der Waals surface area contributed by atoms with Gasteiger partial charge in [0.15, 0.2) is 0 Å². The normalized spacial score (nSPS) is 17.1. The van der Waals surface area contributed by atoms with E-state index in [2.05, 4.69) is 15.9 Å². The van der Waals surface area contributed by atoms with Gasteiger partial charge in [-0.15, -0.1) is 0 Å². The minimum absolute atomic E-state index is 0.112. The fraction of sp³-hybridized carbons (Fsp3) is 0.550. The molecule has 1 aliphatic heterocycles. The summed E-state index contributed by atoms with van der Waals surface area (Å²) in [6.45, 7) is 1.69. The van der Waals surface area contributed by atoms with E-state index in [9.17, 15) is 4.79 Å². The fourth-order valence-electron chi connectivity index (χ4n) is 3.49. The van der Waals surface area contributed by atoms with Crippen molar-refractivity contribution in [3.63, 3.8) is 0 Å². The molecule has 146 valence electrons. The van der Waals surface area contributed by atoms with Crippen molar-refractivity contribution in [2.75, 3.05) is 20.2 Å². The molecule has 0 spiro atoms. The van der Waals surface area contributed by atoms with Crippen molar-refractivity contribution in [2.24, 2.45) is 0 Å². The van der Waals surface area contributed by atoms with Gasteiger partial charge in [0, 0.05) is 18.5 Å². The highest BCUT2D eigenvalue weighted by molar-refractivity contribution is 5.76. The highest BCUT2D eigenvalue weighted by atomic mass is 16.5. The Kier molecular flexibility index (Phi) is 6.81. The molecule has 1 saturated heterocycles. The number of carbonyl (C=O) groups excluding carboxylic acids is 1. The van der Waals surface area contributed by atoms with Crippen LogP contribution in [0.25, 0.3) is 11.4 Å². The lowest BCUT2D eigenvalue weighted by Gasteiger charge is -2.33. The van der Waals surface area contributed by atoms with E-state index in [-0.39, 0.29) is 11.9 Å². The van der Waals surface area contributed by atoms with Crippen molar-refractivity contribution in [2.45, 2.75) is 51.0 Å². The molecule has 1 atom stereocenters. The molecule has 1 amide bonds. The highest BCUT2D eigenvalue weighted by Crippen LogP contribution is 2.32. The standard InChI is InChI=1S/C20H28N4O3/c1-26-16-11-9-15(10-12-16)19-22-20(27-23-19)17-7-4-6-14-24(17)18(25)8-3-2-5-13-21/h9-12,17H,2-8,13-14,21H2,1H3/p+1/t17-/m0/s1. The first-order valence-electron chi connectivity index (χ1n) is 9.79. The smallest absolute Gasteiger partial charge is 0.249 e. The van der Waals surface area contributed by atoms with Crippen LogP contribution in [-0.4, -0.2) is 41.1 Å². The number of carbonyl (C=O) groups is 1. The average Bonchev–Trinajstić information content (AvgIpc) is 3.21. The van der Waals surface area contributed by atoms with E-state index in [0.717, 1.165) is 62.9 Å². The number of benzene rings is 1. The summed E-state index contributed by atoms with van der Waals surface area (Å²) in [5, 5.41) is 4.13. The summed E-state index contributed by atoms with van der Waals surface area (Å²) < 4.78 is 10.7. The molecule has 0 unspecified atom stereocenters. The number of nitrogens with zero attached hydrogens (tertiary/aromatic N) is 3. The number of hydrogen-bond donors (Lipinski definition) is 1. The molecule has 1 fully saturated rings. The molecular formula is C20H29N4O3+. The van der Waals surface area contributed by atoms with Gasteiger partial charge in [-0.1, -0.05) is 5.16 Å². The number of unbranched alkanes of at least 4 members (excludes halogenated alkanes) is 2. The average molecular weight is 373 g/mol. The van der Waals surface area contributed by atoms with Crippen LogP contribution in [0.4, 0.5) is 0 Å². The molecular weight excluding hydrogens is 344 g/mol. The lowest BCUT2D eigenvalue weighted by Crippen LogP contribution is -2.50. The van der Waals surface area contributed by atoms with E-state index in [1.165, 1.54) is 0 Å². The highest BCUT2D eigenvalue weighted by Gasteiger charge is 2.31. The number of likely N-dealkylation sites (tertiary alicyclic amines) is 1. The van der Waals surface area contributed by atoms with E-state index in [0.29, 0.717) is 18.1 Å². The van der Waals surface area contributed by atoms with Crippen molar-refractivity contribution >= 4 is 5.91 Å². The molecule has 1 aliphatic rings. The van der Waals surface area contributed by atoms with Crippen molar-refractivity contribution in [1.82, 2.24) is 15.0 Å². The lowest BCUT2D eigenvalue weighted by atomic mass is 10.0. The van der Waals surface area contributed by atoms with Gasteiger partial charge in [-0.2, -0.15) is 4.98 Å². The first-order valence-corrected chi connectivity index (χ1v) is 9.79. The Bertz CT molecular complexity index is 729. The fourth-order valence-corrected chi connectivity index (χ4v) is 3.49. The molecule has 7 nitrogen and oxygen atoms in total. The minimum Gasteiger partial charge on any atom is -0.497 e. The van der Waals surface area contributed by atoms with Crippen LogP contribution in [0.2, 0.25) is 0 Å². The van der Waals surface area contributed by atoms with E-state index >= 15 is 0 Å². The van der Waals surface area contributed by atoms with Gasteiger partial charge in [0.1, 0.15) is 11.8 Å². The van der Waals surface area contributed by atoms with Crippen LogP contribution in [0.15, 0.2) is 28.8 Å². The minimum atomic E-state index is -0.112. The van der Waals surface area contributed by atoms with Crippen molar-refractivity contribution in [1.29, 1.82) is 0 Å². The van der Waals surface area contributed by atoms with E-state index in [1.807, 2.05) is 29.2 Å². The second-order valence-electron chi connectivity index (χ2n) is 6.95. The summed E-state index contributed by atoms with van der Waals surface area (Å²) in [7, 11) is 1.63. The zero-order valence-electron chi connectivity index (χ0n) is 16.0. The molecule has 27 heavy (non-hydrogen) atoms. The predicted molar refractivity (Wildman–Crippen MR) is 101 cm³/mol. The molecule has 1 aromatic carbocycles. The number of rotatable bonds is 8. The van der Waals surface area contributed by atoms with E-state index < -0.39 is 0 Å². The topological polar surface area (TPSA) is 96.1 Å². The molecule has 2 aromatic rings. The Hall–Kier alpha value is -2.41. The molecule has 3 rings (SSSR count). The predicted octanol–water partition coefficient (Wildman–Crippen LogP) is 2.60. The van der Waals surface area contributed by atoms with Crippen molar-refractivity contribution < 1.29 is 19.8 Å². The number of methoxy groups -OCH3 is 1. The summed E-state index contributed by atoms with van der Waals surface area (Å²) >= 11 is 0. The molecule has 7 heteroatoms. The third-order valence-corrected chi connectivity index (χ3v) is 5.04. The summed E-state index contributed by atoms with van der Waals surface area (Å²) in [6, 6.07) is 7.43. The number of hydrogen-bond acceptors (Lipinski definition) is 5. The second-order valence-corrected chi connectivity index (χ2v) is 6.95. The first-order chi connectivity index (χ1) is 13.2. The van der Waals surface area contributed by atoms with Crippen LogP contribution >= 0.6 is 0 Å². The van der Waals surface area contributed by atoms with Gasteiger partial charge in [0.05, 0.1) is 13.7 Å². The molecule has 0 saturated carbocycles. The van der Waals surface area contributed by atoms with Crippen molar-refractivity contribution in [3.05, 3.63) is 30.2 Å². The van der Waals surface area contributed by atoms with Gasteiger partial charge in [-0.05, 0) is 62.8 Å². The van der Waals surface area contributed by atoms with E-state index in [1.54, 1.807) is 7.11 Å².